The van der Waals surface area contributed by atoms with Gasteiger partial charge < -0.3 is 14.8 Å². The number of amidine groups is 1. The number of halogens is 3. The molecule has 1 saturated heterocycles. The number of carbonyl (C=O) groups is 1. The van der Waals surface area contributed by atoms with Gasteiger partial charge >= 0.3 is 0 Å². The van der Waals surface area contributed by atoms with Crippen LogP contribution in [0.25, 0.3) is 6.08 Å². The molecule has 3 aromatic carbocycles. The van der Waals surface area contributed by atoms with E-state index in [2.05, 4.69) is 48.8 Å². The van der Waals surface area contributed by atoms with Gasteiger partial charge in [-0.2, -0.15) is 0 Å². The van der Waals surface area contributed by atoms with Gasteiger partial charge in [0.1, 0.15) is 6.61 Å². The van der Waals surface area contributed by atoms with Crippen molar-refractivity contribution in [2.75, 3.05) is 7.11 Å². The first kappa shape index (κ1) is 26.1. The van der Waals surface area contributed by atoms with Crippen LogP contribution in [0.15, 0.2) is 62.9 Å². The highest BCUT2D eigenvalue weighted by Gasteiger charge is 2.24. The molecule has 0 atom stereocenters. The van der Waals surface area contributed by atoms with Gasteiger partial charge in [0, 0.05) is 9.50 Å². The van der Waals surface area contributed by atoms with Crippen LogP contribution in [-0.2, 0) is 11.4 Å². The van der Waals surface area contributed by atoms with Gasteiger partial charge in [0.05, 0.1) is 21.3 Å². The number of hydrogen-bond donors (Lipinski definition) is 1. The number of hydrogen-bond acceptors (Lipinski definition) is 5. The first-order chi connectivity index (χ1) is 16.7. The highest BCUT2D eigenvalue weighted by Crippen LogP contribution is 2.37. The Labute approximate surface area is 235 Å². The minimum Gasteiger partial charge on any atom is -0.493 e. The van der Waals surface area contributed by atoms with E-state index in [1.54, 1.807) is 7.11 Å². The number of thioether (sulfide) groups is 1. The average Bonchev–Trinajstić information content (AvgIpc) is 3.15. The van der Waals surface area contributed by atoms with Crippen LogP contribution >= 0.6 is 61.9 Å². The van der Waals surface area contributed by atoms with Gasteiger partial charge in [-0.1, -0.05) is 39.7 Å². The van der Waals surface area contributed by atoms with Gasteiger partial charge in [-0.25, -0.2) is 4.99 Å². The molecule has 0 radical (unpaired) electrons. The van der Waals surface area contributed by atoms with Crippen LogP contribution in [0, 0.1) is 17.4 Å². The van der Waals surface area contributed by atoms with Crippen molar-refractivity contribution in [1.29, 1.82) is 0 Å². The molecule has 35 heavy (non-hydrogen) atoms. The molecule has 1 aliphatic rings. The zero-order valence-electron chi connectivity index (χ0n) is 19.1. The Morgan fingerprint density at radius 3 is 2.49 bits per heavy atom. The molecule has 0 aromatic heterocycles. The second kappa shape index (κ2) is 11.4. The lowest BCUT2D eigenvalue weighted by Gasteiger charge is -2.14. The number of aryl methyl sites for hydroxylation is 2. The van der Waals surface area contributed by atoms with Gasteiger partial charge in [-0.3, -0.25) is 4.79 Å². The first-order valence-corrected chi connectivity index (χ1v) is 13.6. The molecule has 1 fully saturated rings. The molecular formula is C26H21BrClIN2O3S. The van der Waals surface area contributed by atoms with E-state index in [-0.39, 0.29) is 5.91 Å². The number of amides is 1. The Kier molecular flexibility index (Phi) is 8.46. The minimum atomic E-state index is -0.184. The maximum atomic E-state index is 12.6. The molecule has 1 heterocycles. The Morgan fingerprint density at radius 2 is 1.83 bits per heavy atom. The molecule has 3 aromatic rings. The number of benzene rings is 3. The third kappa shape index (κ3) is 6.41. The third-order valence-electron chi connectivity index (χ3n) is 5.15. The Balaban J connectivity index is 1.54. The van der Waals surface area contributed by atoms with Crippen LogP contribution in [0.4, 0.5) is 5.69 Å². The molecule has 0 spiro atoms. The van der Waals surface area contributed by atoms with Crippen LogP contribution in [-0.4, -0.2) is 18.2 Å². The zero-order valence-corrected chi connectivity index (χ0v) is 24.4. The summed E-state index contributed by atoms with van der Waals surface area (Å²) >= 11 is 13.1. The fraction of sp³-hybridized carbons (Fsp3) is 0.154. The lowest BCUT2D eigenvalue weighted by Crippen LogP contribution is -2.19. The maximum absolute atomic E-state index is 12.6. The smallest absolute Gasteiger partial charge is 0.264 e. The fourth-order valence-electron chi connectivity index (χ4n) is 3.44. The SMILES string of the molecule is COc1cc(/C=C2/SC(=Nc3cc(C)c(Br)c(C)c3)NC2=O)cc(I)c1OCc1ccc(Cl)cc1. The van der Waals surface area contributed by atoms with Crippen LogP contribution < -0.4 is 14.8 Å². The number of nitrogens with one attached hydrogen (secondary N) is 1. The van der Waals surface area contributed by atoms with E-state index < -0.39 is 0 Å². The van der Waals surface area contributed by atoms with Crippen molar-refractivity contribution in [2.24, 2.45) is 4.99 Å². The molecule has 0 saturated carbocycles. The standard InChI is InChI=1S/C26H21BrClIN2O3S/c1-14-8-19(9-15(2)23(14)27)30-26-31-25(32)22(35-26)12-17-10-20(29)24(21(11-17)33-3)34-13-16-4-6-18(28)7-5-16/h4-12H,13H2,1-3H3,(H,30,31,32)/b22-12+. The van der Waals surface area contributed by atoms with Crippen molar-refractivity contribution in [3.05, 3.63) is 88.8 Å². The number of nitrogens with zero attached hydrogens (tertiary/aromatic N) is 1. The van der Waals surface area contributed by atoms with Gasteiger partial charge in [-0.05, 0) is 113 Å². The summed E-state index contributed by atoms with van der Waals surface area (Å²) in [7, 11) is 1.60. The lowest BCUT2D eigenvalue weighted by atomic mass is 10.1. The van der Waals surface area contributed by atoms with Crippen molar-refractivity contribution in [2.45, 2.75) is 20.5 Å². The summed E-state index contributed by atoms with van der Waals surface area (Å²) in [6, 6.07) is 15.3. The fourth-order valence-corrected chi connectivity index (χ4v) is 5.41. The summed E-state index contributed by atoms with van der Waals surface area (Å²) in [5.74, 6) is 1.06. The molecule has 1 amide bonds. The number of methoxy groups -OCH3 is 1. The van der Waals surface area contributed by atoms with Crippen molar-refractivity contribution in [3.63, 3.8) is 0 Å². The number of aliphatic imine (C=N–C) groups is 1. The molecule has 180 valence electrons. The van der Waals surface area contributed by atoms with Crippen molar-refractivity contribution < 1.29 is 14.3 Å². The van der Waals surface area contributed by atoms with Crippen molar-refractivity contribution in [1.82, 2.24) is 5.32 Å². The predicted molar refractivity (Wildman–Crippen MR) is 156 cm³/mol. The molecule has 0 aliphatic carbocycles. The Hall–Kier alpha value is -2.01. The summed E-state index contributed by atoms with van der Waals surface area (Å²) in [5.41, 5.74) is 4.81. The second-order valence-electron chi connectivity index (χ2n) is 7.82. The van der Waals surface area contributed by atoms with E-state index >= 15 is 0 Å². The summed E-state index contributed by atoms with van der Waals surface area (Å²) in [4.78, 5) is 17.8. The predicted octanol–water partition coefficient (Wildman–Crippen LogP) is 7.80. The van der Waals surface area contributed by atoms with Crippen molar-refractivity contribution in [3.8, 4) is 11.5 Å². The van der Waals surface area contributed by atoms with E-state index in [0.29, 0.717) is 33.2 Å². The molecule has 0 unspecified atom stereocenters. The molecule has 1 N–H and O–H groups in total. The molecular weight excluding hydrogens is 663 g/mol. The summed E-state index contributed by atoms with van der Waals surface area (Å²) in [6.07, 6.45) is 1.83. The highest BCUT2D eigenvalue weighted by atomic mass is 127. The topological polar surface area (TPSA) is 59.9 Å². The van der Waals surface area contributed by atoms with E-state index in [1.807, 2.05) is 68.5 Å². The van der Waals surface area contributed by atoms with Crippen molar-refractivity contribution >= 4 is 84.7 Å². The van der Waals surface area contributed by atoms with Gasteiger partial charge in [-0.15, -0.1) is 0 Å². The van der Waals surface area contributed by atoms with E-state index in [0.717, 1.165) is 36.0 Å². The molecule has 1 aliphatic heterocycles. The Morgan fingerprint density at radius 1 is 1.14 bits per heavy atom. The van der Waals surface area contributed by atoms with Crippen LogP contribution in [0.3, 0.4) is 0 Å². The number of rotatable bonds is 6. The number of ether oxygens (including phenoxy) is 2. The summed E-state index contributed by atoms with van der Waals surface area (Å²) < 4.78 is 13.6. The quantitative estimate of drug-likeness (QED) is 0.213. The second-order valence-corrected chi connectivity index (χ2v) is 11.2. The monoisotopic (exact) mass is 682 g/mol. The van der Waals surface area contributed by atoms with E-state index in [1.165, 1.54) is 11.8 Å². The van der Waals surface area contributed by atoms with Crippen LogP contribution in [0.5, 0.6) is 11.5 Å². The molecule has 0 bridgehead atoms. The average molecular weight is 684 g/mol. The van der Waals surface area contributed by atoms with Crippen LogP contribution in [0.1, 0.15) is 22.3 Å². The summed E-state index contributed by atoms with van der Waals surface area (Å²) in [6.45, 7) is 4.42. The summed E-state index contributed by atoms with van der Waals surface area (Å²) in [5, 5.41) is 4.08. The maximum Gasteiger partial charge on any atom is 0.264 e. The van der Waals surface area contributed by atoms with Crippen LogP contribution in [0.2, 0.25) is 5.02 Å². The minimum absolute atomic E-state index is 0.184. The molecule has 5 nitrogen and oxygen atoms in total. The highest BCUT2D eigenvalue weighted by molar-refractivity contribution is 14.1. The van der Waals surface area contributed by atoms with Gasteiger partial charge in [0.15, 0.2) is 16.7 Å². The normalized spacial score (nSPS) is 15.5. The van der Waals surface area contributed by atoms with E-state index in [4.69, 9.17) is 21.1 Å². The first-order valence-electron chi connectivity index (χ1n) is 10.5. The lowest BCUT2D eigenvalue weighted by molar-refractivity contribution is -0.115. The third-order valence-corrected chi connectivity index (χ3v) is 8.36. The zero-order chi connectivity index (χ0) is 25.1. The Bertz CT molecular complexity index is 1340. The van der Waals surface area contributed by atoms with E-state index in [9.17, 15) is 4.79 Å². The molecule has 4 rings (SSSR count). The largest absolute Gasteiger partial charge is 0.493 e. The van der Waals surface area contributed by atoms with Gasteiger partial charge in [0.2, 0.25) is 0 Å². The van der Waals surface area contributed by atoms with Gasteiger partial charge in [0.25, 0.3) is 5.91 Å². The molecule has 9 heteroatoms. The number of carbonyl (C=O) groups excluding carboxylic acids is 1.